The minimum Gasteiger partial charge on any atom is -0.481 e. The van der Waals surface area contributed by atoms with E-state index in [0.717, 1.165) is 19.2 Å². The Kier molecular flexibility index (Phi) is 13.7. The van der Waals surface area contributed by atoms with Crippen molar-refractivity contribution in [2.75, 3.05) is 5.88 Å². The van der Waals surface area contributed by atoms with Gasteiger partial charge in [-0.05, 0) is 6.42 Å². The SMILES string of the molecule is CC(=O)O.CCCCCl. The predicted octanol–water partition coefficient (Wildman–Crippen LogP) is 2.12. The fourth-order valence-electron chi connectivity index (χ4n) is 0.134. The number of hydrogen-bond donors (Lipinski definition) is 1. The smallest absolute Gasteiger partial charge is 0.300 e. The maximum Gasteiger partial charge on any atom is 0.300 e. The van der Waals surface area contributed by atoms with Crippen LogP contribution in [0.2, 0.25) is 0 Å². The van der Waals surface area contributed by atoms with E-state index in [2.05, 4.69) is 6.92 Å². The highest BCUT2D eigenvalue weighted by atomic mass is 35.5. The number of aliphatic carboxylic acids is 1. The van der Waals surface area contributed by atoms with Crippen molar-refractivity contribution in [2.24, 2.45) is 0 Å². The molecule has 0 heterocycles. The van der Waals surface area contributed by atoms with Gasteiger partial charge in [0.1, 0.15) is 0 Å². The largest absolute Gasteiger partial charge is 0.481 e. The van der Waals surface area contributed by atoms with Crippen LogP contribution >= 0.6 is 11.6 Å². The van der Waals surface area contributed by atoms with Gasteiger partial charge in [-0.1, -0.05) is 13.3 Å². The summed E-state index contributed by atoms with van der Waals surface area (Å²) in [4.78, 5) is 9.00. The van der Waals surface area contributed by atoms with E-state index < -0.39 is 5.97 Å². The van der Waals surface area contributed by atoms with Crippen molar-refractivity contribution in [3.05, 3.63) is 0 Å². The van der Waals surface area contributed by atoms with Crippen LogP contribution in [0.25, 0.3) is 0 Å². The summed E-state index contributed by atoms with van der Waals surface area (Å²) < 4.78 is 0. The Bertz CT molecular complexity index is 58.1. The first kappa shape index (κ1) is 11.5. The molecular weight excluding hydrogens is 140 g/mol. The number of carboxylic acids is 1. The molecule has 0 saturated heterocycles. The third-order valence-electron chi connectivity index (χ3n) is 0.487. The average Bonchev–Trinajstić information content (AvgIpc) is 1.66. The minimum absolute atomic E-state index is 0.816. The Morgan fingerprint density at radius 2 is 2.00 bits per heavy atom. The molecule has 9 heavy (non-hydrogen) atoms. The second-order valence-corrected chi connectivity index (χ2v) is 1.94. The summed E-state index contributed by atoms with van der Waals surface area (Å²) in [7, 11) is 0. The standard InChI is InChI=1S/C4H9Cl.C2H4O2/c1-2-3-4-5;1-2(3)4/h2-4H2,1H3;1H3,(H,3,4). The van der Waals surface area contributed by atoms with Crippen LogP contribution in [0.3, 0.4) is 0 Å². The summed E-state index contributed by atoms with van der Waals surface area (Å²) in [5.41, 5.74) is 0. The molecule has 0 amide bonds. The normalized spacial score (nSPS) is 7.44. The number of halogens is 1. The molecule has 0 radical (unpaired) electrons. The Hall–Kier alpha value is -0.240. The van der Waals surface area contributed by atoms with E-state index in [1.165, 1.54) is 6.42 Å². The van der Waals surface area contributed by atoms with E-state index in [1.807, 2.05) is 0 Å². The van der Waals surface area contributed by atoms with Gasteiger partial charge in [0, 0.05) is 12.8 Å². The van der Waals surface area contributed by atoms with Crippen LogP contribution in [0, 0.1) is 0 Å². The molecule has 0 spiro atoms. The monoisotopic (exact) mass is 152 g/mol. The van der Waals surface area contributed by atoms with Gasteiger partial charge in [-0.25, -0.2) is 0 Å². The van der Waals surface area contributed by atoms with Crippen LogP contribution in [0.15, 0.2) is 0 Å². The van der Waals surface area contributed by atoms with Crippen LogP contribution in [0.5, 0.6) is 0 Å². The number of alkyl halides is 1. The molecule has 0 aromatic heterocycles. The molecule has 0 aliphatic rings. The number of carboxylic acid groups (broad SMARTS) is 1. The zero-order chi connectivity index (χ0) is 7.70. The quantitative estimate of drug-likeness (QED) is 0.616. The fraction of sp³-hybridized carbons (Fsp3) is 0.833. The van der Waals surface area contributed by atoms with Crippen molar-refractivity contribution in [2.45, 2.75) is 26.7 Å². The first-order valence-corrected chi connectivity index (χ1v) is 3.44. The van der Waals surface area contributed by atoms with Gasteiger partial charge in [-0.2, -0.15) is 0 Å². The van der Waals surface area contributed by atoms with Gasteiger partial charge < -0.3 is 5.11 Å². The van der Waals surface area contributed by atoms with Gasteiger partial charge in [-0.3, -0.25) is 4.79 Å². The zero-order valence-corrected chi connectivity index (χ0v) is 6.61. The molecule has 0 bridgehead atoms. The predicted molar refractivity (Wildman–Crippen MR) is 38.9 cm³/mol. The van der Waals surface area contributed by atoms with Crippen LogP contribution in [-0.4, -0.2) is 17.0 Å². The third kappa shape index (κ3) is 83.1. The third-order valence-corrected chi connectivity index (χ3v) is 0.754. The lowest BCUT2D eigenvalue weighted by Crippen LogP contribution is -1.78. The molecule has 1 N–H and O–H groups in total. The Balaban J connectivity index is 0. The fourth-order valence-corrected chi connectivity index (χ4v) is 0.401. The van der Waals surface area contributed by atoms with Crippen molar-refractivity contribution in [3.8, 4) is 0 Å². The number of rotatable bonds is 2. The van der Waals surface area contributed by atoms with Gasteiger partial charge >= 0.3 is 0 Å². The molecular formula is C6H13ClO2. The number of carbonyl (C=O) groups is 1. The second kappa shape index (κ2) is 10.7. The van der Waals surface area contributed by atoms with Crippen LogP contribution in [0.1, 0.15) is 26.7 Å². The van der Waals surface area contributed by atoms with E-state index in [1.54, 1.807) is 0 Å². The van der Waals surface area contributed by atoms with Gasteiger partial charge in [0.25, 0.3) is 5.97 Å². The summed E-state index contributed by atoms with van der Waals surface area (Å²) in [6, 6.07) is 0. The van der Waals surface area contributed by atoms with Crippen LogP contribution < -0.4 is 0 Å². The van der Waals surface area contributed by atoms with E-state index in [4.69, 9.17) is 21.5 Å². The topological polar surface area (TPSA) is 37.3 Å². The summed E-state index contributed by atoms with van der Waals surface area (Å²) in [6.07, 6.45) is 2.37. The lowest BCUT2D eigenvalue weighted by molar-refractivity contribution is -0.134. The molecule has 0 saturated carbocycles. The highest BCUT2D eigenvalue weighted by Gasteiger charge is 1.70. The van der Waals surface area contributed by atoms with Gasteiger partial charge in [0.2, 0.25) is 0 Å². The van der Waals surface area contributed by atoms with Crippen molar-refractivity contribution >= 4 is 17.6 Å². The van der Waals surface area contributed by atoms with Gasteiger partial charge in [0.15, 0.2) is 0 Å². The molecule has 3 heteroatoms. The molecule has 0 aliphatic carbocycles. The van der Waals surface area contributed by atoms with Crippen LogP contribution in [-0.2, 0) is 4.79 Å². The maximum absolute atomic E-state index is 9.00. The molecule has 2 nitrogen and oxygen atoms in total. The summed E-state index contributed by atoms with van der Waals surface area (Å²) in [5, 5.41) is 7.42. The van der Waals surface area contributed by atoms with E-state index >= 15 is 0 Å². The first-order chi connectivity index (χ1) is 4.15. The van der Waals surface area contributed by atoms with Crippen molar-refractivity contribution in [3.63, 3.8) is 0 Å². The molecule has 0 rings (SSSR count). The Morgan fingerprint density at radius 3 is 2.00 bits per heavy atom. The summed E-state index contributed by atoms with van der Waals surface area (Å²) in [5.74, 6) is -0.0174. The van der Waals surface area contributed by atoms with Crippen molar-refractivity contribution in [1.29, 1.82) is 0 Å². The Labute approximate surface area is 60.8 Å². The molecule has 0 unspecified atom stereocenters. The lowest BCUT2D eigenvalue weighted by Gasteiger charge is -1.77. The molecule has 0 aliphatic heterocycles. The highest BCUT2D eigenvalue weighted by Crippen LogP contribution is 1.86. The highest BCUT2D eigenvalue weighted by molar-refractivity contribution is 6.17. The minimum atomic E-state index is -0.833. The first-order valence-electron chi connectivity index (χ1n) is 2.90. The molecule has 0 atom stereocenters. The van der Waals surface area contributed by atoms with Gasteiger partial charge in [-0.15, -0.1) is 11.6 Å². The molecule has 0 aromatic carbocycles. The molecule has 0 fully saturated rings. The van der Waals surface area contributed by atoms with E-state index in [9.17, 15) is 0 Å². The van der Waals surface area contributed by atoms with Crippen molar-refractivity contribution < 1.29 is 9.90 Å². The second-order valence-electron chi connectivity index (χ2n) is 1.56. The molecule has 56 valence electrons. The lowest BCUT2D eigenvalue weighted by atomic mass is 10.4. The average molecular weight is 153 g/mol. The van der Waals surface area contributed by atoms with Crippen LogP contribution in [0.4, 0.5) is 0 Å². The Morgan fingerprint density at radius 1 is 1.67 bits per heavy atom. The summed E-state index contributed by atoms with van der Waals surface area (Å²) in [6.45, 7) is 3.21. The van der Waals surface area contributed by atoms with Gasteiger partial charge in [0.05, 0.1) is 0 Å². The molecule has 0 aromatic rings. The zero-order valence-electron chi connectivity index (χ0n) is 5.85. The number of hydrogen-bond acceptors (Lipinski definition) is 1. The van der Waals surface area contributed by atoms with E-state index in [0.29, 0.717) is 0 Å². The van der Waals surface area contributed by atoms with Crippen molar-refractivity contribution in [1.82, 2.24) is 0 Å². The van der Waals surface area contributed by atoms with E-state index in [-0.39, 0.29) is 0 Å². The number of unbranched alkanes of at least 4 members (excludes halogenated alkanes) is 1. The summed E-state index contributed by atoms with van der Waals surface area (Å²) >= 11 is 5.30. The maximum atomic E-state index is 9.00.